The summed E-state index contributed by atoms with van der Waals surface area (Å²) in [6.07, 6.45) is 1.76. The molecule has 14 heavy (non-hydrogen) atoms. The van der Waals surface area contributed by atoms with Crippen LogP contribution in [0.3, 0.4) is 0 Å². The topological polar surface area (TPSA) is 40.5 Å². The number of aryl methyl sites for hydroxylation is 1. The largest absolute Gasteiger partial charge is 0.394 e. The Bertz CT molecular complexity index is 254. The first-order valence-corrected chi connectivity index (χ1v) is 4.92. The summed E-state index contributed by atoms with van der Waals surface area (Å²) in [6, 6.07) is 8.07. The molecule has 1 aromatic carbocycles. The molecule has 0 bridgehead atoms. The van der Waals surface area contributed by atoms with Gasteiger partial charge in [0.15, 0.2) is 0 Å². The molecule has 1 rings (SSSR count). The highest BCUT2D eigenvalue weighted by atomic mass is 16.3. The van der Waals surface area contributed by atoms with Crippen molar-refractivity contribution in [2.75, 3.05) is 6.61 Å². The quantitative estimate of drug-likeness (QED) is 0.741. The molecule has 2 nitrogen and oxygen atoms in total. The van der Waals surface area contributed by atoms with Crippen molar-refractivity contribution in [3.8, 4) is 0 Å². The minimum Gasteiger partial charge on any atom is -0.394 e. The third-order valence-corrected chi connectivity index (χ3v) is 2.17. The lowest BCUT2D eigenvalue weighted by Gasteiger charge is -2.07. The second-order valence-electron chi connectivity index (χ2n) is 3.46. The van der Waals surface area contributed by atoms with E-state index in [1.54, 1.807) is 0 Å². The van der Waals surface area contributed by atoms with Crippen molar-refractivity contribution in [3.05, 3.63) is 42.3 Å². The van der Waals surface area contributed by atoms with Crippen LogP contribution < -0.4 is 0 Å². The first kappa shape index (κ1) is 11.2. The Hall–Kier alpha value is -0.860. The Morgan fingerprint density at radius 2 is 1.71 bits per heavy atom. The van der Waals surface area contributed by atoms with E-state index in [2.05, 4.69) is 6.92 Å². The fourth-order valence-corrected chi connectivity index (χ4v) is 1.38. The van der Waals surface area contributed by atoms with Crippen LogP contribution in [0.1, 0.15) is 17.5 Å². The average Bonchev–Trinajstić information content (AvgIpc) is 2.21. The van der Waals surface area contributed by atoms with Crippen LogP contribution in [0, 0.1) is 6.92 Å². The van der Waals surface area contributed by atoms with Gasteiger partial charge in [-0.25, -0.2) is 0 Å². The molecule has 1 aromatic rings. The summed E-state index contributed by atoms with van der Waals surface area (Å²) in [5.41, 5.74) is 2.32. The summed E-state index contributed by atoms with van der Waals surface area (Å²) in [4.78, 5) is 0. The standard InChI is InChI=1S/C12H17O2/c1-2-3-10-4-6-11(7-5-10)8-12(14)9-13/h4-7,12-14H,1-3,8-9H2. The lowest BCUT2D eigenvalue weighted by molar-refractivity contribution is 0.0955. The van der Waals surface area contributed by atoms with Gasteiger partial charge in [0.1, 0.15) is 0 Å². The first-order valence-electron chi connectivity index (χ1n) is 4.92. The third kappa shape index (κ3) is 3.48. The Morgan fingerprint density at radius 1 is 1.14 bits per heavy atom. The highest BCUT2D eigenvalue weighted by Gasteiger charge is 2.03. The summed E-state index contributed by atoms with van der Waals surface area (Å²) in [5.74, 6) is 0. The summed E-state index contributed by atoms with van der Waals surface area (Å²) in [5, 5.41) is 17.9. The molecule has 1 radical (unpaired) electrons. The Labute approximate surface area is 85.2 Å². The number of hydrogen-bond donors (Lipinski definition) is 2. The van der Waals surface area contributed by atoms with Crippen LogP contribution in [-0.2, 0) is 12.8 Å². The van der Waals surface area contributed by atoms with Crippen molar-refractivity contribution in [2.45, 2.75) is 25.4 Å². The summed E-state index contributed by atoms with van der Waals surface area (Å²) in [6.45, 7) is 3.61. The average molecular weight is 193 g/mol. The van der Waals surface area contributed by atoms with Gasteiger partial charge in [-0.3, -0.25) is 0 Å². The molecular formula is C12H17O2. The molecule has 0 saturated heterocycles. The van der Waals surface area contributed by atoms with Gasteiger partial charge in [0.2, 0.25) is 0 Å². The van der Waals surface area contributed by atoms with E-state index in [0.29, 0.717) is 6.42 Å². The Balaban J connectivity index is 2.54. The highest BCUT2D eigenvalue weighted by molar-refractivity contribution is 5.23. The molecule has 0 aliphatic carbocycles. The maximum absolute atomic E-state index is 9.22. The number of benzene rings is 1. The summed E-state index contributed by atoms with van der Waals surface area (Å²) < 4.78 is 0. The maximum atomic E-state index is 9.22. The molecule has 0 aliphatic heterocycles. The molecule has 77 valence electrons. The predicted molar refractivity (Wildman–Crippen MR) is 56.9 cm³/mol. The SMILES string of the molecule is [CH2]CCc1ccc(CC(O)CO)cc1. The molecule has 2 N–H and O–H groups in total. The van der Waals surface area contributed by atoms with Crippen molar-refractivity contribution >= 4 is 0 Å². The first-order chi connectivity index (χ1) is 6.76. The monoisotopic (exact) mass is 193 g/mol. The van der Waals surface area contributed by atoms with Crippen molar-refractivity contribution in [2.24, 2.45) is 0 Å². The Morgan fingerprint density at radius 3 is 2.21 bits per heavy atom. The second-order valence-corrected chi connectivity index (χ2v) is 3.46. The summed E-state index contributed by atoms with van der Waals surface area (Å²) in [7, 11) is 0. The molecule has 0 heterocycles. The van der Waals surface area contributed by atoms with Gasteiger partial charge >= 0.3 is 0 Å². The van der Waals surface area contributed by atoms with Crippen molar-refractivity contribution in [1.82, 2.24) is 0 Å². The van der Waals surface area contributed by atoms with Crippen LogP contribution in [0.2, 0.25) is 0 Å². The normalized spacial score (nSPS) is 12.8. The van der Waals surface area contributed by atoms with E-state index in [0.717, 1.165) is 18.4 Å². The van der Waals surface area contributed by atoms with Crippen molar-refractivity contribution in [1.29, 1.82) is 0 Å². The smallest absolute Gasteiger partial charge is 0.0811 e. The van der Waals surface area contributed by atoms with Gasteiger partial charge in [-0.1, -0.05) is 31.2 Å². The van der Waals surface area contributed by atoms with Gasteiger partial charge in [0.25, 0.3) is 0 Å². The minimum atomic E-state index is -0.645. The molecule has 0 amide bonds. The maximum Gasteiger partial charge on any atom is 0.0811 e. The lowest BCUT2D eigenvalue weighted by Crippen LogP contribution is -2.14. The van der Waals surface area contributed by atoms with Crippen LogP contribution >= 0.6 is 0 Å². The van der Waals surface area contributed by atoms with Gasteiger partial charge in [0.05, 0.1) is 12.7 Å². The Kier molecular flexibility index (Phi) is 4.63. The molecular weight excluding hydrogens is 176 g/mol. The molecule has 0 spiro atoms. The number of aliphatic hydroxyl groups excluding tert-OH is 2. The minimum absolute atomic E-state index is 0.180. The molecule has 0 fully saturated rings. The second kappa shape index (κ2) is 5.78. The van der Waals surface area contributed by atoms with Crippen LogP contribution in [0.5, 0.6) is 0 Å². The van der Waals surface area contributed by atoms with E-state index >= 15 is 0 Å². The zero-order valence-electron chi connectivity index (χ0n) is 8.32. The van der Waals surface area contributed by atoms with Crippen molar-refractivity contribution < 1.29 is 10.2 Å². The number of rotatable bonds is 5. The predicted octanol–water partition coefficient (Wildman–Crippen LogP) is 1.35. The van der Waals surface area contributed by atoms with Crippen molar-refractivity contribution in [3.63, 3.8) is 0 Å². The van der Waals surface area contributed by atoms with Gasteiger partial charge in [-0.05, 0) is 24.0 Å². The van der Waals surface area contributed by atoms with E-state index in [1.165, 1.54) is 5.56 Å². The molecule has 1 unspecified atom stereocenters. The van der Waals surface area contributed by atoms with E-state index < -0.39 is 6.10 Å². The fraction of sp³-hybridized carbons (Fsp3) is 0.417. The van der Waals surface area contributed by atoms with E-state index in [9.17, 15) is 5.11 Å². The van der Waals surface area contributed by atoms with Crippen LogP contribution in [0.25, 0.3) is 0 Å². The van der Waals surface area contributed by atoms with Gasteiger partial charge in [-0.15, -0.1) is 0 Å². The fourth-order valence-electron chi connectivity index (χ4n) is 1.38. The van der Waals surface area contributed by atoms with Gasteiger partial charge < -0.3 is 10.2 Å². The number of aliphatic hydroxyl groups is 2. The molecule has 0 saturated carbocycles. The van der Waals surface area contributed by atoms with E-state index in [1.807, 2.05) is 24.3 Å². The molecule has 1 atom stereocenters. The van der Waals surface area contributed by atoms with Gasteiger partial charge in [-0.2, -0.15) is 0 Å². The van der Waals surface area contributed by atoms with Crippen LogP contribution in [0.4, 0.5) is 0 Å². The van der Waals surface area contributed by atoms with E-state index in [-0.39, 0.29) is 6.61 Å². The third-order valence-electron chi connectivity index (χ3n) is 2.17. The van der Waals surface area contributed by atoms with Crippen LogP contribution in [0.15, 0.2) is 24.3 Å². The van der Waals surface area contributed by atoms with Gasteiger partial charge in [0, 0.05) is 6.42 Å². The number of hydrogen-bond acceptors (Lipinski definition) is 2. The zero-order chi connectivity index (χ0) is 10.4. The molecule has 0 aliphatic rings. The summed E-state index contributed by atoms with van der Waals surface area (Å²) >= 11 is 0. The highest BCUT2D eigenvalue weighted by Crippen LogP contribution is 2.08. The molecule has 2 heteroatoms. The zero-order valence-corrected chi connectivity index (χ0v) is 8.32. The van der Waals surface area contributed by atoms with Crippen LogP contribution in [-0.4, -0.2) is 22.9 Å². The van der Waals surface area contributed by atoms with E-state index in [4.69, 9.17) is 5.11 Å². The lowest BCUT2D eigenvalue weighted by atomic mass is 10.0. The molecule has 0 aromatic heterocycles.